The van der Waals surface area contributed by atoms with Crippen molar-refractivity contribution in [3.05, 3.63) is 64.2 Å². The Labute approximate surface area is 184 Å². The lowest BCUT2D eigenvalue weighted by Gasteiger charge is -2.17. The molecule has 0 saturated heterocycles. The monoisotopic (exact) mass is 433 g/mol. The number of nitrogens with one attached hydrogen (secondary N) is 1. The second-order valence-corrected chi connectivity index (χ2v) is 8.66. The van der Waals surface area contributed by atoms with E-state index in [4.69, 9.17) is 5.11 Å². The number of aliphatic hydroxyl groups excluding tert-OH is 1. The fourth-order valence-corrected chi connectivity index (χ4v) is 5.03. The van der Waals surface area contributed by atoms with Gasteiger partial charge in [0.25, 0.3) is 5.91 Å². The van der Waals surface area contributed by atoms with Crippen molar-refractivity contribution in [1.29, 1.82) is 0 Å². The summed E-state index contributed by atoms with van der Waals surface area (Å²) in [6.07, 6.45) is 4.45. The molecular weight excluding hydrogens is 410 g/mol. The molecule has 0 bridgehead atoms. The molecule has 2 N–H and O–H groups in total. The first kappa shape index (κ1) is 19.9. The smallest absolute Gasteiger partial charge is 0.287 e. The van der Waals surface area contributed by atoms with E-state index in [0.717, 1.165) is 39.0 Å². The van der Waals surface area contributed by atoms with Crippen LogP contribution in [-0.4, -0.2) is 45.5 Å². The number of hydrogen-bond donors (Lipinski definition) is 2. The summed E-state index contributed by atoms with van der Waals surface area (Å²) in [5, 5.41) is 18.0. The molecule has 1 aliphatic rings. The molecule has 8 heteroatoms. The molecule has 0 radical (unpaired) electrons. The number of aryl methyl sites for hydroxylation is 1. The number of anilines is 1. The van der Waals surface area contributed by atoms with E-state index in [9.17, 15) is 4.79 Å². The molecule has 5 rings (SSSR count). The summed E-state index contributed by atoms with van der Waals surface area (Å²) < 4.78 is 1.88. The largest absolute Gasteiger partial charge is 0.395 e. The maximum absolute atomic E-state index is 13.2. The van der Waals surface area contributed by atoms with Crippen molar-refractivity contribution in [2.24, 2.45) is 7.05 Å². The number of carbonyl (C=O) groups excluding carboxylic acids is 1. The van der Waals surface area contributed by atoms with E-state index in [1.54, 1.807) is 6.20 Å². The standard InChI is InChI=1S/C23H23N5O2S/c1-27-20-6-2-5-17(19(20)14-26-27)16-4-3-7-21-18(16)8-10-28(21)23(30)22-25-13-15(31-22)12-24-9-11-29/h2-7,13-14,24,29H,8-12H2,1H3. The van der Waals surface area contributed by atoms with Crippen molar-refractivity contribution in [1.82, 2.24) is 20.1 Å². The quantitative estimate of drug-likeness (QED) is 0.457. The highest BCUT2D eigenvalue weighted by Gasteiger charge is 2.29. The topological polar surface area (TPSA) is 83.3 Å². The number of amides is 1. The van der Waals surface area contributed by atoms with Gasteiger partial charge in [-0.2, -0.15) is 5.10 Å². The maximum atomic E-state index is 13.2. The number of fused-ring (bicyclic) bond motifs is 2. The first-order valence-electron chi connectivity index (χ1n) is 10.3. The van der Waals surface area contributed by atoms with Crippen molar-refractivity contribution < 1.29 is 9.90 Å². The van der Waals surface area contributed by atoms with E-state index in [2.05, 4.69) is 39.7 Å². The van der Waals surface area contributed by atoms with Crippen LogP contribution in [0.1, 0.15) is 20.2 Å². The Hall–Kier alpha value is -3.07. The van der Waals surface area contributed by atoms with Crippen LogP contribution in [0.15, 0.2) is 48.8 Å². The minimum atomic E-state index is -0.0612. The minimum absolute atomic E-state index is 0.0612. The molecule has 2 aromatic heterocycles. The van der Waals surface area contributed by atoms with Crippen LogP contribution >= 0.6 is 11.3 Å². The first-order chi connectivity index (χ1) is 15.2. The highest BCUT2D eigenvalue weighted by molar-refractivity contribution is 7.13. The van der Waals surface area contributed by atoms with E-state index in [-0.39, 0.29) is 12.5 Å². The number of rotatable bonds is 6. The first-order valence-corrected chi connectivity index (χ1v) is 11.1. The number of hydrogen-bond acceptors (Lipinski definition) is 6. The summed E-state index contributed by atoms with van der Waals surface area (Å²) >= 11 is 1.40. The van der Waals surface area contributed by atoms with Gasteiger partial charge in [-0.15, -0.1) is 11.3 Å². The zero-order valence-electron chi connectivity index (χ0n) is 17.2. The van der Waals surface area contributed by atoms with Gasteiger partial charge >= 0.3 is 0 Å². The fraction of sp³-hybridized carbons (Fsp3) is 0.261. The van der Waals surface area contributed by atoms with Crippen molar-refractivity contribution in [3.8, 4) is 11.1 Å². The molecule has 0 saturated carbocycles. The SMILES string of the molecule is Cn1ncc2c(-c3cccc4c3CCN4C(=O)c3ncc(CNCCO)s3)cccc21. The van der Waals surface area contributed by atoms with E-state index >= 15 is 0 Å². The highest BCUT2D eigenvalue weighted by Crippen LogP contribution is 2.39. The number of carbonyl (C=O) groups is 1. The van der Waals surface area contributed by atoms with Crippen molar-refractivity contribution in [3.63, 3.8) is 0 Å². The summed E-state index contributed by atoms with van der Waals surface area (Å²) in [7, 11) is 1.95. The molecule has 7 nitrogen and oxygen atoms in total. The molecule has 0 atom stereocenters. The summed E-state index contributed by atoms with van der Waals surface area (Å²) in [5.41, 5.74) is 5.53. The lowest BCUT2D eigenvalue weighted by atomic mass is 9.95. The van der Waals surface area contributed by atoms with Gasteiger partial charge in [0, 0.05) is 48.8 Å². The Morgan fingerprint density at radius 1 is 1.19 bits per heavy atom. The zero-order valence-corrected chi connectivity index (χ0v) is 18.0. The van der Waals surface area contributed by atoms with Crippen molar-refractivity contribution in [2.75, 3.05) is 24.6 Å². The Balaban J connectivity index is 1.46. The summed E-state index contributed by atoms with van der Waals surface area (Å²) in [6.45, 7) is 1.85. The Morgan fingerprint density at radius 2 is 2.03 bits per heavy atom. The van der Waals surface area contributed by atoms with E-state index in [1.807, 2.05) is 35.0 Å². The van der Waals surface area contributed by atoms with Crippen LogP contribution in [0.25, 0.3) is 22.0 Å². The van der Waals surface area contributed by atoms with Crippen LogP contribution < -0.4 is 10.2 Å². The molecule has 0 spiro atoms. The van der Waals surface area contributed by atoms with Crippen LogP contribution in [0.2, 0.25) is 0 Å². The third-order valence-electron chi connectivity index (χ3n) is 5.68. The van der Waals surface area contributed by atoms with E-state index in [1.165, 1.54) is 16.9 Å². The average Bonchev–Trinajstić information content (AvgIpc) is 3.52. The van der Waals surface area contributed by atoms with Crippen LogP contribution in [0.4, 0.5) is 5.69 Å². The summed E-state index contributed by atoms with van der Waals surface area (Å²) in [4.78, 5) is 20.4. The summed E-state index contributed by atoms with van der Waals surface area (Å²) in [5.74, 6) is -0.0612. The molecule has 3 heterocycles. The van der Waals surface area contributed by atoms with Gasteiger partial charge in [0.15, 0.2) is 5.01 Å². The van der Waals surface area contributed by atoms with Gasteiger partial charge in [0.1, 0.15) is 0 Å². The Kier molecular flexibility index (Phi) is 5.27. The molecule has 0 unspecified atom stereocenters. The number of nitrogens with zero attached hydrogens (tertiary/aromatic N) is 4. The van der Waals surface area contributed by atoms with Gasteiger partial charge in [-0.1, -0.05) is 24.3 Å². The zero-order chi connectivity index (χ0) is 21.4. The predicted molar refractivity (Wildman–Crippen MR) is 122 cm³/mol. The maximum Gasteiger partial charge on any atom is 0.287 e. The van der Waals surface area contributed by atoms with Gasteiger partial charge in [0.2, 0.25) is 0 Å². The van der Waals surface area contributed by atoms with E-state index in [0.29, 0.717) is 24.6 Å². The molecular formula is C23H23N5O2S. The number of benzene rings is 2. The number of aromatic nitrogens is 3. The Morgan fingerprint density at radius 3 is 2.90 bits per heavy atom. The van der Waals surface area contributed by atoms with Gasteiger partial charge in [0.05, 0.1) is 18.3 Å². The lowest BCUT2D eigenvalue weighted by Crippen LogP contribution is -2.28. The van der Waals surface area contributed by atoms with Gasteiger partial charge in [-0.05, 0) is 35.2 Å². The van der Waals surface area contributed by atoms with Crippen LogP contribution in [0.5, 0.6) is 0 Å². The Bertz CT molecular complexity index is 1260. The normalized spacial score (nSPS) is 13.2. The third kappa shape index (κ3) is 3.52. The van der Waals surface area contributed by atoms with Crippen molar-refractivity contribution in [2.45, 2.75) is 13.0 Å². The van der Waals surface area contributed by atoms with Gasteiger partial charge in [-0.3, -0.25) is 9.48 Å². The fourth-order valence-electron chi connectivity index (χ4n) is 4.20. The van der Waals surface area contributed by atoms with Gasteiger partial charge < -0.3 is 15.3 Å². The molecule has 0 aliphatic carbocycles. The molecule has 4 aromatic rings. The third-order valence-corrected chi connectivity index (χ3v) is 6.66. The second kappa shape index (κ2) is 8.22. The predicted octanol–water partition coefficient (Wildman–Crippen LogP) is 2.98. The molecule has 31 heavy (non-hydrogen) atoms. The van der Waals surface area contributed by atoms with Crippen LogP contribution in [-0.2, 0) is 20.0 Å². The minimum Gasteiger partial charge on any atom is -0.395 e. The highest BCUT2D eigenvalue weighted by atomic mass is 32.1. The second-order valence-electron chi connectivity index (χ2n) is 7.55. The summed E-state index contributed by atoms with van der Waals surface area (Å²) in [6, 6.07) is 12.4. The van der Waals surface area contributed by atoms with Crippen molar-refractivity contribution >= 4 is 33.8 Å². The molecule has 0 fully saturated rings. The molecule has 1 aliphatic heterocycles. The van der Waals surface area contributed by atoms with Crippen LogP contribution in [0, 0.1) is 0 Å². The number of thiazole rings is 1. The lowest BCUT2D eigenvalue weighted by molar-refractivity contribution is 0.0989. The van der Waals surface area contributed by atoms with Crippen LogP contribution in [0.3, 0.4) is 0 Å². The number of aliphatic hydroxyl groups is 1. The molecule has 158 valence electrons. The van der Waals surface area contributed by atoms with E-state index < -0.39 is 0 Å². The van der Waals surface area contributed by atoms with Gasteiger partial charge in [-0.25, -0.2) is 4.98 Å². The molecule has 1 amide bonds. The average molecular weight is 434 g/mol. The molecule has 2 aromatic carbocycles.